The minimum absolute atomic E-state index is 0.254. The molecule has 3 aromatic rings. The van der Waals surface area contributed by atoms with E-state index in [0.717, 1.165) is 16.7 Å². The number of halogens is 2. The van der Waals surface area contributed by atoms with E-state index in [9.17, 15) is 4.79 Å². The molecule has 6 heteroatoms. The van der Waals surface area contributed by atoms with Crippen LogP contribution in [0, 0.1) is 6.92 Å². The largest absolute Gasteiger partial charge is 0.497 e. The summed E-state index contributed by atoms with van der Waals surface area (Å²) in [6, 6.07) is 12.3. The van der Waals surface area contributed by atoms with Gasteiger partial charge in [0.05, 0.1) is 33.9 Å². The van der Waals surface area contributed by atoms with Crippen LogP contribution in [0.4, 0.5) is 5.69 Å². The number of aryl methyl sites for hydroxylation is 1. The van der Waals surface area contributed by atoms with Crippen molar-refractivity contribution in [3.8, 4) is 5.75 Å². The number of methoxy groups -OCH3 is 1. The number of hydrogen-bond acceptors (Lipinski definition) is 3. The second-order valence-electron chi connectivity index (χ2n) is 5.26. The Morgan fingerprint density at radius 2 is 1.88 bits per heavy atom. The van der Waals surface area contributed by atoms with Crippen molar-refractivity contribution in [3.63, 3.8) is 0 Å². The lowest BCUT2D eigenvalue weighted by atomic mass is 10.1. The monoisotopic (exact) mass is 360 g/mol. The van der Waals surface area contributed by atoms with Crippen LogP contribution in [0.5, 0.6) is 5.75 Å². The summed E-state index contributed by atoms with van der Waals surface area (Å²) in [5, 5.41) is 4.49. The van der Waals surface area contributed by atoms with Crippen LogP contribution in [0.15, 0.2) is 42.5 Å². The molecule has 122 valence electrons. The Morgan fingerprint density at radius 3 is 2.58 bits per heavy atom. The molecule has 0 unspecified atom stereocenters. The van der Waals surface area contributed by atoms with Gasteiger partial charge in [0, 0.05) is 17.1 Å². The van der Waals surface area contributed by atoms with Crippen LogP contribution in [0.2, 0.25) is 10.0 Å². The number of nitrogens with zero attached hydrogens (tertiary/aromatic N) is 1. The molecule has 0 atom stereocenters. The van der Waals surface area contributed by atoms with Crippen LogP contribution in [-0.4, -0.2) is 18.0 Å². The normalized spacial score (nSPS) is 10.7. The SMILES string of the molecule is COc1ccc2cc(C(=O)Nc3ccc(Cl)c(Cl)c3)c(C)nc2c1. The van der Waals surface area contributed by atoms with Crippen LogP contribution in [0.25, 0.3) is 10.9 Å². The zero-order valence-corrected chi connectivity index (χ0v) is 14.6. The third kappa shape index (κ3) is 3.30. The van der Waals surface area contributed by atoms with Gasteiger partial charge in [-0.15, -0.1) is 0 Å². The molecule has 0 spiro atoms. The van der Waals surface area contributed by atoms with Gasteiger partial charge in [-0.25, -0.2) is 0 Å². The standard InChI is InChI=1S/C18H14Cl2N2O2/c1-10-14(7-11-3-5-13(24-2)9-17(11)21-10)18(23)22-12-4-6-15(19)16(20)8-12/h3-9H,1-2H3,(H,22,23). The number of benzene rings is 2. The number of pyridine rings is 1. The maximum Gasteiger partial charge on any atom is 0.257 e. The Hall–Kier alpha value is -2.30. The second-order valence-corrected chi connectivity index (χ2v) is 6.08. The summed E-state index contributed by atoms with van der Waals surface area (Å²) in [6.07, 6.45) is 0. The zero-order chi connectivity index (χ0) is 17.3. The Labute approximate surface area is 149 Å². The van der Waals surface area contributed by atoms with Crippen LogP contribution in [0.3, 0.4) is 0 Å². The fraction of sp³-hybridized carbons (Fsp3) is 0.111. The molecule has 0 aliphatic rings. The molecule has 4 nitrogen and oxygen atoms in total. The maximum absolute atomic E-state index is 12.5. The Kier molecular flexibility index (Phi) is 4.60. The van der Waals surface area contributed by atoms with Crippen molar-refractivity contribution in [1.82, 2.24) is 4.98 Å². The summed E-state index contributed by atoms with van der Waals surface area (Å²) in [5.74, 6) is 0.471. The molecule has 3 rings (SSSR count). The van der Waals surface area contributed by atoms with E-state index >= 15 is 0 Å². The smallest absolute Gasteiger partial charge is 0.257 e. The quantitative estimate of drug-likeness (QED) is 0.705. The molecule has 1 heterocycles. The number of carbonyl (C=O) groups is 1. The maximum atomic E-state index is 12.5. The molecular formula is C18H14Cl2N2O2. The van der Waals surface area contributed by atoms with E-state index in [0.29, 0.717) is 27.0 Å². The van der Waals surface area contributed by atoms with Gasteiger partial charge < -0.3 is 10.1 Å². The van der Waals surface area contributed by atoms with Gasteiger partial charge >= 0.3 is 0 Å². The van der Waals surface area contributed by atoms with Gasteiger partial charge in [0.15, 0.2) is 0 Å². The first kappa shape index (κ1) is 16.6. The number of rotatable bonds is 3. The lowest BCUT2D eigenvalue weighted by Crippen LogP contribution is -2.14. The van der Waals surface area contributed by atoms with Gasteiger partial charge in [-0.1, -0.05) is 23.2 Å². The number of nitrogens with one attached hydrogen (secondary N) is 1. The topological polar surface area (TPSA) is 51.2 Å². The highest BCUT2D eigenvalue weighted by Crippen LogP contribution is 2.26. The van der Waals surface area contributed by atoms with Crippen molar-refractivity contribution in [3.05, 3.63) is 63.8 Å². The van der Waals surface area contributed by atoms with Gasteiger partial charge in [0.25, 0.3) is 5.91 Å². The summed E-state index contributed by atoms with van der Waals surface area (Å²) >= 11 is 11.9. The molecule has 0 bridgehead atoms. The first-order valence-electron chi connectivity index (χ1n) is 7.20. The van der Waals surface area contributed by atoms with Crippen LogP contribution >= 0.6 is 23.2 Å². The molecule has 1 N–H and O–H groups in total. The molecular weight excluding hydrogens is 347 g/mol. The van der Waals surface area contributed by atoms with E-state index in [2.05, 4.69) is 10.3 Å². The molecule has 1 aromatic heterocycles. The second kappa shape index (κ2) is 6.67. The summed E-state index contributed by atoms with van der Waals surface area (Å²) in [5.41, 5.74) is 2.48. The first-order chi connectivity index (χ1) is 11.5. The predicted molar refractivity (Wildman–Crippen MR) is 97.4 cm³/mol. The lowest BCUT2D eigenvalue weighted by molar-refractivity contribution is 0.102. The van der Waals surface area contributed by atoms with Gasteiger partial charge in [0.1, 0.15) is 5.75 Å². The highest BCUT2D eigenvalue weighted by atomic mass is 35.5. The van der Waals surface area contributed by atoms with Crippen molar-refractivity contribution < 1.29 is 9.53 Å². The first-order valence-corrected chi connectivity index (χ1v) is 7.95. The summed E-state index contributed by atoms with van der Waals surface area (Å²) in [6.45, 7) is 1.79. The average Bonchev–Trinajstić information content (AvgIpc) is 2.57. The van der Waals surface area contributed by atoms with Crippen molar-refractivity contribution in [2.24, 2.45) is 0 Å². The summed E-state index contributed by atoms with van der Waals surface area (Å²) < 4.78 is 5.20. The average molecular weight is 361 g/mol. The van der Waals surface area contributed by atoms with Gasteiger partial charge in [0.2, 0.25) is 0 Å². The van der Waals surface area contributed by atoms with Gasteiger partial charge in [-0.05, 0) is 43.3 Å². The number of carbonyl (C=O) groups excluding carboxylic acids is 1. The van der Waals surface area contributed by atoms with Crippen LogP contribution in [-0.2, 0) is 0 Å². The number of hydrogen-bond donors (Lipinski definition) is 1. The van der Waals surface area contributed by atoms with Gasteiger partial charge in [-0.2, -0.15) is 0 Å². The van der Waals surface area contributed by atoms with E-state index in [-0.39, 0.29) is 5.91 Å². The van der Waals surface area contributed by atoms with E-state index in [1.165, 1.54) is 0 Å². The molecule has 0 saturated heterocycles. The van der Waals surface area contributed by atoms with E-state index in [1.807, 2.05) is 24.3 Å². The number of aromatic nitrogens is 1. The zero-order valence-electron chi connectivity index (χ0n) is 13.1. The predicted octanol–water partition coefficient (Wildman–Crippen LogP) is 5.11. The fourth-order valence-corrected chi connectivity index (χ4v) is 2.67. The molecule has 0 fully saturated rings. The van der Waals surface area contributed by atoms with Crippen molar-refractivity contribution in [2.75, 3.05) is 12.4 Å². The summed E-state index contributed by atoms with van der Waals surface area (Å²) in [4.78, 5) is 17.0. The molecule has 0 aliphatic heterocycles. The minimum atomic E-state index is -0.254. The third-order valence-electron chi connectivity index (χ3n) is 3.64. The number of amides is 1. The fourth-order valence-electron chi connectivity index (χ4n) is 2.37. The number of fused-ring (bicyclic) bond motifs is 1. The Balaban J connectivity index is 1.94. The third-order valence-corrected chi connectivity index (χ3v) is 4.38. The highest BCUT2D eigenvalue weighted by molar-refractivity contribution is 6.42. The lowest BCUT2D eigenvalue weighted by Gasteiger charge is -2.10. The van der Waals surface area contributed by atoms with E-state index in [1.54, 1.807) is 32.2 Å². The molecule has 2 aromatic carbocycles. The highest BCUT2D eigenvalue weighted by Gasteiger charge is 2.13. The Bertz CT molecular complexity index is 942. The Morgan fingerprint density at radius 1 is 1.08 bits per heavy atom. The van der Waals surface area contributed by atoms with Crippen LogP contribution < -0.4 is 10.1 Å². The molecule has 0 radical (unpaired) electrons. The van der Waals surface area contributed by atoms with Crippen molar-refractivity contribution in [2.45, 2.75) is 6.92 Å². The van der Waals surface area contributed by atoms with Gasteiger partial charge in [-0.3, -0.25) is 9.78 Å². The number of ether oxygens (including phenoxy) is 1. The molecule has 1 amide bonds. The van der Waals surface area contributed by atoms with Crippen molar-refractivity contribution in [1.29, 1.82) is 0 Å². The molecule has 0 aliphatic carbocycles. The van der Waals surface area contributed by atoms with E-state index in [4.69, 9.17) is 27.9 Å². The minimum Gasteiger partial charge on any atom is -0.497 e. The van der Waals surface area contributed by atoms with E-state index < -0.39 is 0 Å². The molecule has 24 heavy (non-hydrogen) atoms. The van der Waals surface area contributed by atoms with Crippen molar-refractivity contribution >= 4 is 45.7 Å². The molecule has 0 saturated carbocycles. The summed E-state index contributed by atoms with van der Waals surface area (Å²) in [7, 11) is 1.60. The van der Waals surface area contributed by atoms with Crippen LogP contribution in [0.1, 0.15) is 16.1 Å². The number of anilines is 1.